The van der Waals surface area contributed by atoms with Crippen LogP contribution < -0.4 is 0 Å². The topological polar surface area (TPSA) is 20.3 Å². The number of thiol groups is 1. The van der Waals surface area contributed by atoms with Gasteiger partial charge in [-0.15, -0.1) is 0 Å². The van der Waals surface area contributed by atoms with E-state index in [1.165, 1.54) is 4.90 Å². The van der Waals surface area contributed by atoms with Crippen LogP contribution in [0.5, 0.6) is 0 Å². The van der Waals surface area contributed by atoms with Crippen LogP contribution in [0.2, 0.25) is 0 Å². The molecule has 0 unspecified atom stereocenters. The van der Waals surface area contributed by atoms with Crippen LogP contribution in [-0.2, 0) is 4.79 Å². The van der Waals surface area contributed by atoms with Gasteiger partial charge in [0.05, 0.1) is 6.54 Å². The second kappa shape index (κ2) is 3.60. The molecule has 2 nitrogen and oxygen atoms in total. The van der Waals surface area contributed by atoms with E-state index in [9.17, 15) is 13.6 Å². The van der Waals surface area contributed by atoms with Crippen molar-refractivity contribution in [2.75, 3.05) is 18.8 Å². The maximum absolute atomic E-state index is 12.6. The van der Waals surface area contributed by atoms with Gasteiger partial charge in [-0.25, -0.2) is 8.78 Å². The van der Waals surface area contributed by atoms with Gasteiger partial charge in [-0.05, 0) is 5.75 Å². The Morgan fingerprint density at radius 1 is 1.58 bits per heavy atom. The number of nitrogens with zero attached hydrogens (tertiary/aromatic N) is 1. The van der Waals surface area contributed by atoms with Crippen molar-refractivity contribution >= 4 is 18.5 Å². The van der Waals surface area contributed by atoms with Gasteiger partial charge in [-0.1, -0.05) is 0 Å². The molecule has 70 valence electrons. The van der Waals surface area contributed by atoms with E-state index in [0.717, 1.165) is 0 Å². The summed E-state index contributed by atoms with van der Waals surface area (Å²) in [6.07, 6.45) is 0.0461. The van der Waals surface area contributed by atoms with E-state index in [-0.39, 0.29) is 25.3 Å². The Balaban J connectivity index is 2.41. The zero-order valence-corrected chi connectivity index (χ0v) is 7.49. The highest BCUT2D eigenvalue weighted by Gasteiger charge is 2.39. The molecule has 1 amide bonds. The third-order valence-corrected chi connectivity index (χ3v) is 2.07. The number of hydrogen-bond acceptors (Lipinski definition) is 2. The summed E-state index contributed by atoms with van der Waals surface area (Å²) in [5.41, 5.74) is 0. The van der Waals surface area contributed by atoms with Crippen LogP contribution in [0.1, 0.15) is 12.8 Å². The molecular weight excluding hydrogens is 184 g/mol. The van der Waals surface area contributed by atoms with Crippen molar-refractivity contribution in [1.82, 2.24) is 4.90 Å². The molecule has 1 aliphatic heterocycles. The maximum atomic E-state index is 12.6. The van der Waals surface area contributed by atoms with Gasteiger partial charge in [0.25, 0.3) is 5.92 Å². The number of likely N-dealkylation sites (tertiary alicyclic amines) is 1. The van der Waals surface area contributed by atoms with Gasteiger partial charge in [0.1, 0.15) is 0 Å². The van der Waals surface area contributed by atoms with Crippen molar-refractivity contribution < 1.29 is 13.6 Å². The van der Waals surface area contributed by atoms with E-state index >= 15 is 0 Å². The van der Waals surface area contributed by atoms with Crippen molar-refractivity contribution in [3.8, 4) is 0 Å². The highest BCUT2D eigenvalue weighted by Crippen LogP contribution is 2.26. The number of amides is 1. The molecule has 5 heteroatoms. The lowest BCUT2D eigenvalue weighted by molar-refractivity contribution is -0.131. The fourth-order valence-electron chi connectivity index (χ4n) is 1.20. The fourth-order valence-corrected chi connectivity index (χ4v) is 1.39. The van der Waals surface area contributed by atoms with Crippen LogP contribution in [0.3, 0.4) is 0 Å². The number of hydrogen-bond donors (Lipinski definition) is 1. The smallest absolute Gasteiger partial charge is 0.267 e. The average molecular weight is 195 g/mol. The highest BCUT2D eigenvalue weighted by molar-refractivity contribution is 7.80. The molecule has 0 aromatic heterocycles. The minimum atomic E-state index is -2.67. The van der Waals surface area contributed by atoms with E-state index in [2.05, 4.69) is 12.6 Å². The Labute approximate surface area is 75.3 Å². The first-order chi connectivity index (χ1) is 5.55. The van der Waals surface area contributed by atoms with Crippen LogP contribution in [-0.4, -0.2) is 35.6 Å². The quantitative estimate of drug-likeness (QED) is 0.656. The van der Waals surface area contributed by atoms with Gasteiger partial charge in [-0.3, -0.25) is 4.79 Å². The zero-order chi connectivity index (χ0) is 9.19. The zero-order valence-electron chi connectivity index (χ0n) is 6.59. The Kier molecular flexibility index (Phi) is 2.93. The van der Waals surface area contributed by atoms with Crippen LogP contribution in [0, 0.1) is 0 Å². The van der Waals surface area contributed by atoms with Crippen molar-refractivity contribution in [1.29, 1.82) is 0 Å². The Morgan fingerprint density at radius 2 is 2.25 bits per heavy atom. The summed E-state index contributed by atoms with van der Waals surface area (Å²) in [4.78, 5) is 12.3. The predicted octanol–water partition coefficient (Wildman–Crippen LogP) is 1.17. The molecule has 0 aromatic rings. The molecule has 0 N–H and O–H groups in total. The molecule has 1 fully saturated rings. The lowest BCUT2D eigenvalue weighted by atomic mass is 10.3. The first-order valence-electron chi connectivity index (χ1n) is 3.82. The monoisotopic (exact) mass is 195 g/mol. The molecule has 1 saturated heterocycles. The van der Waals surface area contributed by atoms with Crippen molar-refractivity contribution in [2.45, 2.75) is 18.8 Å². The fraction of sp³-hybridized carbons (Fsp3) is 0.857. The second-order valence-electron chi connectivity index (χ2n) is 2.89. The molecule has 0 saturated carbocycles. The van der Waals surface area contributed by atoms with Gasteiger partial charge < -0.3 is 4.90 Å². The van der Waals surface area contributed by atoms with Crippen LogP contribution >= 0.6 is 12.6 Å². The molecule has 0 aliphatic carbocycles. The molecule has 12 heavy (non-hydrogen) atoms. The standard InChI is InChI=1S/C7H11F2NOS/c8-7(9)2-3-10(5-7)6(11)1-4-12/h12H,1-5H2. The van der Waals surface area contributed by atoms with Gasteiger partial charge >= 0.3 is 0 Å². The SMILES string of the molecule is O=C(CCS)N1CCC(F)(F)C1. The summed E-state index contributed by atoms with van der Waals surface area (Å²) in [6.45, 7) is -0.237. The third kappa shape index (κ3) is 2.33. The summed E-state index contributed by atoms with van der Waals surface area (Å²) >= 11 is 3.86. The molecule has 1 rings (SSSR count). The molecule has 0 atom stereocenters. The van der Waals surface area contributed by atoms with Crippen molar-refractivity contribution in [3.05, 3.63) is 0 Å². The first-order valence-corrected chi connectivity index (χ1v) is 4.45. The number of carbonyl (C=O) groups is 1. The van der Waals surface area contributed by atoms with Crippen molar-refractivity contribution in [3.63, 3.8) is 0 Å². The molecular formula is C7H11F2NOS. The summed E-state index contributed by atoms with van der Waals surface area (Å²) in [6, 6.07) is 0. The Hall–Kier alpha value is -0.320. The van der Waals surface area contributed by atoms with E-state index in [1.54, 1.807) is 0 Å². The highest BCUT2D eigenvalue weighted by atomic mass is 32.1. The number of carbonyl (C=O) groups excluding carboxylic acids is 1. The Bertz CT molecular complexity index is 186. The summed E-state index contributed by atoms with van der Waals surface area (Å²) < 4.78 is 25.2. The van der Waals surface area contributed by atoms with E-state index in [4.69, 9.17) is 0 Å². The molecule has 0 spiro atoms. The van der Waals surface area contributed by atoms with E-state index < -0.39 is 12.5 Å². The molecule has 0 bridgehead atoms. The van der Waals surface area contributed by atoms with Crippen molar-refractivity contribution in [2.24, 2.45) is 0 Å². The maximum Gasteiger partial charge on any atom is 0.267 e. The average Bonchev–Trinajstić information content (AvgIpc) is 2.31. The van der Waals surface area contributed by atoms with E-state index in [0.29, 0.717) is 5.75 Å². The number of rotatable bonds is 2. The predicted molar refractivity (Wildman–Crippen MR) is 44.6 cm³/mol. The summed E-state index contributed by atoms with van der Waals surface area (Å²) in [7, 11) is 0. The largest absolute Gasteiger partial charge is 0.336 e. The second-order valence-corrected chi connectivity index (χ2v) is 3.34. The summed E-state index contributed by atoms with van der Waals surface area (Å²) in [5.74, 6) is -2.48. The van der Waals surface area contributed by atoms with Gasteiger partial charge in [-0.2, -0.15) is 12.6 Å². The minimum absolute atomic E-state index is 0.180. The van der Waals surface area contributed by atoms with Crippen LogP contribution in [0.15, 0.2) is 0 Å². The lowest BCUT2D eigenvalue weighted by Crippen LogP contribution is -2.31. The van der Waals surface area contributed by atoms with E-state index in [1.807, 2.05) is 0 Å². The summed E-state index contributed by atoms with van der Waals surface area (Å²) in [5, 5.41) is 0. The van der Waals surface area contributed by atoms with Gasteiger partial charge in [0, 0.05) is 19.4 Å². The van der Waals surface area contributed by atoms with Gasteiger partial charge in [0.2, 0.25) is 5.91 Å². The molecule has 0 radical (unpaired) electrons. The Morgan fingerprint density at radius 3 is 2.67 bits per heavy atom. The van der Waals surface area contributed by atoms with Gasteiger partial charge in [0.15, 0.2) is 0 Å². The first kappa shape index (κ1) is 9.77. The lowest BCUT2D eigenvalue weighted by Gasteiger charge is -2.14. The normalized spacial score (nSPS) is 21.4. The molecule has 1 heterocycles. The number of alkyl halides is 2. The number of halogens is 2. The molecule has 0 aromatic carbocycles. The molecule has 1 aliphatic rings. The third-order valence-electron chi connectivity index (χ3n) is 1.85. The van der Waals surface area contributed by atoms with Crippen LogP contribution in [0.25, 0.3) is 0 Å². The minimum Gasteiger partial charge on any atom is -0.336 e. The van der Waals surface area contributed by atoms with Crippen LogP contribution in [0.4, 0.5) is 8.78 Å².